The van der Waals surface area contributed by atoms with Crippen molar-refractivity contribution in [2.24, 2.45) is 5.73 Å². The van der Waals surface area contributed by atoms with E-state index in [1.165, 1.54) is 0 Å². The van der Waals surface area contributed by atoms with Crippen LogP contribution in [0.25, 0.3) is 10.9 Å². The zero-order chi connectivity index (χ0) is 11.7. The van der Waals surface area contributed by atoms with Crippen LogP contribution in [0.5, 0.6) is 0 Å². The minimum absolute atomic E-state index is 0.0116. The number of carbonyl (C=O) groups is 1. The molecule has 0 amide bonds. The molecule has 5 heteroatoms. The van der Waals surface area contributed by atoms with Gasteiger partial charge in [-0.15, -0.1) is 0 Å². The second kappa shape index (κ2) is 3.94. The number of fused-ring (bicyclic) bond motifs is 1. The van der Waals surface area contributed by atoms with Crippen LogP contribution in [0.4, 0.5) is 4.39 Å². The molecule has 16 heavy (non-hydrogen) atoms. The van der Waals surface area contributed by atoms with Crippen molar-refractivity contribution >= 4 is 16.9 Å². The summed E-state index contributed by atoms with van der Waals surface area (Å²) in [6.45, 7) is 0. The van der Waals surface area contributed by atoms with E-state index in [4.69, 9.17) is 10.8 Å². The predicted octanol–water partition coefficient (Wildman–Crippen LogP) is 1.26. The summed E-state index contributed by atoms with van der Waals surface area (Å²) in [7, 11) is 0. The van der Waals surface area contributed by atoms with Gasteiger partial charge < -0.3 is 15.8 Å². The average molecular weight is 222 g/mol. The number of hydrogen-bond acceptors (Lipinski definition) is 2. The Bertz CT molecular complexity index is 536. The average Bonchev–Trinajstić information content (AvgIpc) is 2.70. The first-order chi connectivity index (χ1) is 7.59. The predicted molar refractivity (Wildman–Crippen MR) is 57.6 cm³/mol. The van der Waals surface area contributed by atoms with Crippen LogP contribution < -0.4 is 5.73 Å². The van der Waals surface area contributed by atoms with E-state index in [-0.39, 0.29) is 6.42 Å². The van der Waals surface area contributed by atoms with E-state index in [0.29, 0.717) is 16.5 Å². The first kappa shape index (κ1) is 10.6. The molecule has 0 saturated heterocycles. The number of carboxylic acid groups (broad SMARTS) is 1. The Kier molecular flexibility index (Phi) is 2.62. The van der Waals surface area contributed by atoms with E-state index in [2.05, 4.69) is 4.98 Å². The molecule has 0 aliphatic rings. The molecular weight excluding hydrogens is 211 g/mol. The van der Waals surface area contributed by atoms with Gasteiger partial charge in [-0.2, -0.15) is 0 Å². The molecule has 2 rings (SSSR count). The van der Waals surface area contributed by atoms with Gasteiger partial charge in [-0.05, 0) is 17.7 Å². The molecular formula is C11H11FN2O2. The van der Waals surface area contributed by atoms with Crippen molar-refractivity contribution in [3.63, 3.8) is 0 Å². The maximum absolute atomic E-state index is 13.9. The number of carboxylic acids is 1. The third kappa shape index (κ3) is 1.77. The van der Waals surface area contributed by atoms with Gasteiger partial charge in [-0.3, -0.25) is 4.79 Å². The molecule has 0 fully saturated rings. The number of nitrogens with one attached hydrogen (secondary N) is 1. The topological polar surface area (TPSA) is 79.1 Å². The maximum Gasteiger partial charge on any atom is 0.320 e. The molecule has 2 aromatic rings. The van der Waals surface area contributed by atoms with E-state index in [1.54, 1.807) is 24.4 Å². The molecule has 4 N–H and O–H groups in total. The number of aliphatic carboxylic acids is 1. The molecule has 0 saturated carbocycles. The highest BCUT2D eigenvalue weighted by atomic mass is 19.1. The molecule has 1 unspecified atom stereocenters. The molecule has 1 atom stereocenters. The number of nitrogens with two attached hydrogens (primary N) is 1. The van der Waals surface area contributed by atoms with E-state index in [0.717, 1.165) is 0 Å². The monoisotopic (exact) mass is 222 g/mol. The van der Waals surface area contributed by atoms with Crippen LogP contribution in [0.1, 0.15) is 5.56 Å². The lowest BCUT2D eigenvalue weighted by Gasteiger charge is -2.07. The van der Waals surface area contributed by atoms with E-state index >= 15 is 0 Å². The van der Waals surface area contributed by atoms with Gasteiger partial charge in [0.25, 0.3) is 0 Å². The smallest absolute Gasteiger partial charge is 0.320 e. The van der Waals surface area contributed by atoms with E-state index in [1.807, 2.05) is 0 Å². The Morgan fingerprint density at radius 1 is 1.50 bits per heavy atom. The van der Waals surface area contributed by atoms with Crippen LogP contribution in [0, 0.1) is 5.82 Å². The van der Waals surface area contributed by atoms with E-state index < -0.39 is 17.8 Å². The minimum Gasteiger partial charge on any atom is -0.480 e. The summed E-state index contributed by atoms with van der Waals surface area (Å²) in [6, 6.07) is 3.80. The fraction of sp³-hybridized carbons (Fsp3) is 0.182. The van der Waals surface area contributed by atoms with Gasteiger partial charge in [-0.25, -0.2) is 4.39 Å². The van der Waals surface area contributed by atoms with Crippen LogP contribution >= 0.6 is 0 Å². The molecule has 1 heterocycles. The van der Waals surface area contributed by atoms with Gasteiger partial charge in [0, 0.05) is 23.5 Å². The summed E-state index contributed by atoms with van der Waals surface area (Å²) in [5.41, 5.74) is 6.37. The van der Waals surface area contributed by atoms with Crippen molar-refractivity contribution < 1.29 is 14.3 Å². The second-order valence-corrected chi connectivity index (χ2v) is 3.63. The summed E-state index contributed by atoms with van der Waals surface area (Å²) in [6.07, 6.45) is 1.62. The highest BCUT2D eigenvalue weighted by molar-refractivity contribution is 5.81. The zero-order valence-electron chi connectivity index (χ0n) is 8.40. The highest BCUT2D eigenvalue weighted by Gasteiger charge is 2.16. The summed E-state index contributed by atoms with van der Waals surface area (Å²) < 4.78 is 13.9. The summed E-state index contributed by atoms with van der Waals surface area (Å²) in [5, 5.41) is 9.11. The van der Waals surface area contributed by atoms with Crippen molar-refractivity contribution in [2.45, 2.75) is 12.5 Å². The lowest BCUT2D eigenvalue weighted by atomic mass is 10.0. The quantitative estimate of drug-likeness (QED) is 0.731. The molecule has 0 radical (unpaired) electrons. The van der Waals surface area contributed by atoms with Gasteiger partial charge >= 0.3 is 5.97 Å². The molecule has 0 aliphatic carbocycles. The number of H-pyrrole nitrogens is 1. The van der Waals surface area contributed by atoms with Crippen molar-refractivity contribution in [1.82, 2.24) is 4.98 Å². The lowest BCUT2D eigenvalue weighted by molar-refractivity contribution is -0.138. The Balaban J connectivity index is 2.37. The van der Waals surface area contributed by atoms with Crippen molar-refractivity contribution in [3.05, 3.63) is 35.8 Å². The fourth-order valence-electron chi connectivity index (χ4n) is 1.62. The highest BCUT2D eigenvalue weighted by Crippen LogP contribution is 2.20. The number of benzene rings is 1. The van der Waals surface area contributed by atoms with Crippen LogP contribution in [-0.4, -0.2) is 22.1 Å². The fourth-order valence-corrected chi connectivity index (χ4v) is 1.62. The van der Waals surface area contributed by atoms with Gasteiger partial charge in [-0.1, -0.05) is 6.07 Å². The van der Waals surface area contributed by atoms with Gasteiger partial charge in [0.15, 0.2) is 0 Å². The van der Waals surface area contributed by atoms with Gasteiger partial charge in [0.1, 0.15) is 11.9 Å². The van der Waals surface area contributed by atoms with E-state index in [9.17, 15) is 9.18 Å². The molecule has 0 aliphatic heterocycles. The standard InChI is InChI=1S/C11H11FN2O2/c12-10-6(5-8(13)11(15)16)1-2-9-7(10)3-4-14-9/h1-4,8,14H,5,13H2,(H,15,16). The molecule has 84 valence electrons. The summed E-state index contributed by atoms with van der Waals surface area (Å²) >= 11 is 0. The van der Waals surface area contributed by atoms with Crippen LogP contribution in [0.15, 0.2) is 24.4 Å². The van der Waals surface area contributed by atoms with Crippen molar-refractivity contribution in [3.8, 4) is 0 Å². The summed E-state index contributed by atoms with van der Waals surface area (Å²) in [5.74, 6) is -1.54. The Morgan fingerprint density at radius 3 is 2.94 bits per heavy atom. The lowest BCUT2D eigenvalue weighted by Crippen LogP contribution is -2.32. The first-order valence-electron chi connectivity index (χ1n) is 4.82. The Hall–Kier alpha value is -1.88. The van der Waals surface area contributed by atoms with Crippen LogP contribution in [0.2, 0.25) is 0 Å². The number of halogens is 1. The van der Waals surface area contributed by atoms with Crippen molar-refractivity contribution in [2.75, 3.05) is 0 Å². The molecule has 1 aromatic heterocycles. The zero-order valence-corrected chi connectivity index (χ0v) is 8.40. The van der Waals surface area contributed by atoms with Gasteiger partial charge in [0.2, 0.25) is 0 Å². The Morgan fingerprint density at radius 2 is 2.25 bits per heavy atom. The number of hydrogen-bond donors (Lipinski definition) is 3. The van der Waals surface area contributed by atoms with Crippen molar-refractivity contribution in [1.29, 1.82) is 0 Å². The maximum atomic E-state index is 13.9. The third-order valence-electron chi connectivity index (χ3n) is 2.51. The van der Waals surface area contributed by atoms with Crippen LogP contribution in [-0.2, 0) is 11.2 Å². The Labute approximate surface area is 90.9 Å². The number of aromatic nitrogens is 1. The molecule has 0 spiro atoms. The number of aromatic amines is 1. The number of rotatable bonds is 3. The second-order valence-electron chi connectivity index (χ2n) is 3.63. The normalized spacial score (nSPS) is 12.9. The minimum atomic E-state index is -1.13. The summed E-state index contributed by atoms with van der Waals surface area (Å²) in [4.78, 5) is 13.5. The molecule has 0 bridgehead atoms. The third-order valence-corrected chi connectivity index (χ3v) is 2.51. The largest absolute Gasteiger partial charge is 0.480 e. The molecule has 4 nitrogen and oxygen atoms in total. The first-order valence-corrected chi connectivity index (χ1v) is 4.82. The SMILES string of the molecule is NC(Cc1ccc2[nH]ccc2c1F)C(=O)O. The van der Waals surface area contributed by atoms with Gasteiger partial charge in [0.05, 0.1) is 0 Å². The van der Waals surface area contributed by atoms with Crippen LogP contribution in [0.3, 0.4) is 0 Å². The molecule has 1 aromatic carbocycles.